The summed E-state index contributed by atoms with van der Waals surface area (Å²) in [6.07, 6.45) is 1.10. The fourth-order valence-corrected chi connectivity index (χ4v) is 1.46. The molecule has 0 aliphatic carbocycles. The Bertz CT molecular complexity index is 243. The van der Waals surface area contributed by atoms with Crippen LogP contribution < -0.4 is 5.73 Å². The van der Waals surface area contributed by atoms with E-state index in [-0.39, 0.29) is 0 Å². The average Bonchev–Trinajstić information content (AvgIpc) is 2.16. The lowest BCUT2D eigenvalue weighted by Crippen LogP contribution is -2.10. The van der Waals surface area contributed by atoms with Crippen molar-refractivity contribution in [1.82, 2.24) is 0 Å². The van der Waals surface area contributed by atoms with E-state index in [1.807, 2.05) is 0 Å². The zero-order valence-electron chi connectivity index (χ0n) is 7.88. The zero-order valence-corrected chi connectivity index (χ0v) is 7.88. The quantitative estimate of drug-likeness (QED) is 0.727. The standard InChI is InChI=1S/C11H17N/c1-3-10-6-4-5-7-11(10)9(2)8-12/h4-7,9H,3,8,12H2,1-2H3. The number of hydrogen-bond donors (Lipinski definition) is 1. The Morgan fingerprint density at radius 1 is 1.33 bits per heavy atom. The van der Waals surface area contributed by atoms with Gasteiger partial charge in [-0.2, -0.15) is 0 Å². The van der Waals surface area contributed by atoms with Crippen molar-refractivity contribution in [3.63, 3.8) is 0 Å². The Labute approximate surface area is 74.6 Å². The molecule has 0 saturated heterocycles. The highest BCUT2D eigenvalue weighted by Gasteiger charge is 2.05. The molecule has 0 radical (unpaired) electrons. The highest BCUT2D eigenvalue weighted by molar-refractivity contribution is 5.30. The maximum Gasteiger partial charge on any atom is -0.00108 e. The van der Waals surface area contributed by atoms with Crippen LogP contribution in [0.1, 0.15) is 30.9 Å². The molecule has 0 bridgehead atoms. The Hall–Kier alpha value is -0.820. The minimum Gasteiger partial charge on any atom is -0.330 e. The van der Waals surface area contributed by atoms with Crippen LogP contribution in [0.3, 0.4) is 0 Å². The lowest BCUT2D eigenvalue weighted by molar-refractivity contribution is 0.762. The Morgan fingerprint density at radius 2 is 2.00 bits per heavy atom. The summed E-state index contributed by atoms with van der Waals surface area (Å²) >= 11 is 0. The highest BCUT2D eigenvalue weighted by atomic mass is 14.5. The maximum atomic E-state index is 5.63. The van der Waals surface area contributed by atoms with Crippen molar-refractivity contribution in [2.75, 3.05) is 6.54 Å². The predicted molar refractivity (Wildman–Crippen MR) is 53.3 cm³/mol. The molecule has 1 atom stereocenters. The van der Waals surface area contributed by atoms with Crippen molar-refractivity contribution < 1.29 is 0 Å². The number of aryl methyl sites for hydroxylation is 1. The van der Waals surface area contributed by atoms with E-state index in [2.05, 4.69) is 38.1 Å². The van der Waals surface area contributed by atoms with E-state index >= 15 is 0 Å². The first-order chi connectivity index (χ1) is 5.79. The topological polar surface area (TPSA) is 26.0 Å². The van der Waals surface area contributed by atoms with Gasteiger partial charge >= 0.3 is 0 Å². The summed E-state index contributed by atoms with van der Waals surface area (Å²) in [5, 5.41) is 0. The fraction of sp³-hybridized carbons (Fsp3) is 0.455. The first kappa shape index (κ1) is 9.27. The zero-order chi connectivity index (χ0) is 8.97. The Balaban J connectivity index is 2.96. The molecule has 2 N–H and O–H groups in total. The van der Waals surface area contributed by atoms with Gasteiger partial charge < -0.3 is 5.73 Å². The van der Waals surface area contributed by atoms with Gasteiger partial charge in [-0.15, -0.1) is 0 Å². The molecule has 1 nitrogen and oxygen atoms in total. The minimum absolute atomic E-state index is 0.487. The predicted octanol–water partition coefficient (Wildman–Crippen LogP) is 2.31. The van der Waals surface area contributed by atoms with Gasteiger partial charge in [-0.25, -0.2) is 0 Å². The van der Waals surface area contributed by atoms with Crippen molar-refractivity contribution in [3.8, 4) is 0 Å². The van der Waals surface area contributed by atoms with E-state index in [1.165, 1.54) is 11.1 Å². The average molecular weight is 163 g/mol. The second-order valence-corrected chi connectivity index (χ2v) is 3.19. The number of benzene rings is 1. The second kappa shape index (κ2) is 4.27. The number of rotatable bonds is 3. The van der Waals surface area contributed by atoms with Gasteiger partial charge in [0.25, 0.3) is 0 Å². The van der Waals surface area contributed by atoms with Gasteiger partial charge in [-0.1, -0.05) is 38.1 Å². The van der Waals surface area contributed by atoms with Gasteiger partial charge in [0.05, 0.1) is 0 Å². The summed E-state index contributed by atoms with van der Waals surface area (Å²) in [5.74, 6) is 0.487. The van der Waals surface area contributed by atoms with Gasteiger partial charge in [0.2, 0.25) is 0 Å². The molecule has 66 valence electrons. The van der Waals surface area contributed by atoms with Crippen molar-refractivity contribution in [2.24, 2.45) is 5.73 Å². The number of hydrogen-bond acceptors (Lipinski definition) is 1. The SMILES string of the molecule is CCc1ccccc1C(C)CN. The molecular weight excluding hydrogens is 146 g/mol. The summed E-state index contributed by atoms with van der Waals surface area (Å²) in [5.41, 5.74) is 8.46. The van der Waals surface area contributed by atoms with Crippen LogP contribution in [0.5, 0.6) is 0 Å². The summed E-state index contributed by atoms with van der Waals surface area (Å²) in [4.78, 5) is 0. The molecule has 1 aromatic carbocycles. The Morgan fingerprint density at radius 3 is 2.58 bits per heavy atom. The third-order valence-corrected chi connectivity index (χ3v) is 2.32. The fourth-order valence-electron chi connectivity index (χ4n) is 1.46. The van der Waals surface area contributed by atoms with Crippen molar-refractivity contribution >= 4 is 0 Å². The maximum absolute atomic E-state index is 5.63. The molecule has 1 aromatic rings. The molecule has 0 spiro atoms. The van der Waals surface area contributed by atoms with E-state index in [0.29, 0.717) is 5.92 Å². The summed E-state index contributed by atoms with van der Waals surface area (Å²) in [7, 11) is 0. The molecule has 12 heavy (non-hydrogen) atoms. The van der Waals surface area contributed by atoms with Crippen LogP contribution in [0.4, 0.5) is 0 Å². The van der Waals surface area contributed by atoms with Gasteiger partial charge in [0.15, 0.2) is 0 Å². The summed E-state index contributed by atoms with van der Waals surface area (Å²) in [6.45, 7) is 5.09. The molecular formula is C11H17N. The van der Waals surface area contributed by atoms with E-state index < -0.39 is 0 Å². The lowest BCUT2D eigenvalue weighted by Gasteiger charge is -2.12. The first-order valence-electron chi connectivity index (χ1n) is 4.57. The summed E-state index contributed by atoms with van der Waals surface area (Å²) in [6, 6.07) is 8.53. The van der Waals surface area contributed by atoms with Crippen LogP contribution in [-0.4, -0.2) is 6.54 Å². The largest absolute Gasteiger partial charge is 0.330 e. The Kier molecular flexibility index (Phi) is 3.30. The molecule has 0 aliphatic rings. The normalized spacial score (nSPS) is 12.9. The monoisotopic (exact) mass is 163 g/mol. The van der Waals surface area contributed by atoms with Gasteiger partial charge in [0, 0.05) is 0 Å². The molecule has 0 fully saturated rings. The van der Waals surface area contributed by atoms with Gasteiger partial charge in [-0.3, -0.25) is 0 Å². The lowest BCUT2D eigenvalue weighted by atomic mass is 9.95. The smallest absolute Gasteiger partial charge is 0.00108 e. The van der Waals surface area contributed by atoms with Crippen LogP contribution in [0, 0.1) is 0 Å². The third-order valence-electron chi connectivity index (χ3n) is 2.32. The second-order valence-electron chi connectivity index (χ2n) is 3.19. The van der Waals surface area contributed by atoms with Crippen LogP contribution in [0.25, 0.3) is 0 Å². The van der Waals surface area contributed by atoms with Crippen LogP contribution in [0.2, 0.25) is 0 Å². The molecule has 0 aromatic heterocycles. The number of nitrogens with two attached hydrogens (primary N) is 1. The first-order valence-corrected chi connectivity index (χ1v) is 4.57. The van der Waals surface area contributed by atoms with Crippen molar-refractivity contribution in [1.29, 1.82) is 0 Å². The van der Waals surface area contributed by atoms with Gasteiger partial charge in [-0.05, 0) is 30.0 Å². The van der Waals surface area contributed by atoms with Gasteiger partial charge in [0.1, 0.15) is 0 Å². The summed E-state index contributed by atoms with van der Waals surface area (Å²) < 4.78 is 0. The van der Waals surface area contributed by atoms with Crippen LogP contribution >= 0.6 is 0 Å². The highest BCUT2D eigenvalue weighted by Crippen LogP contribution is 2.18. The van der Waals surface area contributed by atoms with Crippen molar-refractivity contribution in [2.45, 2.75) is 26.2 Å². The van der Waals surface area contributed by atoms with Crippen LogP contribution in [-0.2, 0) is 6.42 Å². The molecule has 1 rings (SSSR count). The third kappa shape index (κ3) is 1.86. The van der Waals surface area contributed by atoms with E-state index in [4.69, 9.17) is 5.73 Å². The van der Waals surface area contributed by atoms with Crippen LogP contribution in [0.15, 0.2) is 24.3 Å². The molecule has 1 unspecified atom stereocenters. The van der Waals surface area contributed by atoms with E-state index in [9.17, 15) is 0 Å². The minimum atomic E-state index is 0.487. The molecule has 1 heteroatoms. The molecule has 0 saturated carbocycles. The van der Waals surface area contributed by atoms with E-state index in [1.54, 1.807) is 0 Å². The molecule has 0 heterocycles. The van der Waals surface area contributed by atoms with Crippen molar-refractivity contribution in [3.05, 3.63) is 35.4 Å². The van der Waals surface area contributed by atoms with E-state index in [0.717, 1.165) is 13.0 Å². The molecule has 0 aliphatic heterocycles. The molecule has 0 amide bonds.